The van der Waals surface area contributed by atoms with Crippen molar-refractivity contribution in [3.8, 4) is 11.5 Å². The number of aromatic hydroxyl groups is 1. The van der Waals surface area contributed by atoms with Crippen LogP contribution in [-0.2, 0) is 16.0 Å². The molecule has 94 valence electrons. The second-order valence-corrected chi connectivity index (χ2v) is 3.76. The van der Waals surface area contributed by atoms with E-state index in [1.165, 1.54) is 7.11 Å². The second-order valence-electron chi connectivity index (χ2n) is 3.76. The highest BCUT2D eigenvalue weighted by Gasteiger charge is 2.09. The van der Waals surface area contributed by atoms with Gasteiger partial charge in [0, 0.05) is 6.42 Å². The van der Waals surface area contributed by atoms with Crippen LogP contribution in [0.3, 0.4) is 0 Å². The lowest BCUT2D eigenvalue weighted by Gasteiger charge is -2.10. The van der Waals surface area contributed by atoms with Crippen LogP contribution in [0.25, 0.3) is 0 Å². The van der Waals surface area contributed by atoms with Crippen LogP contribution in [-0.4, -0.2) is 24.8 Å². The molecular formula is C13H18O4. The van der Waals surface area contributed by atoms with Crippen LogP contribution in [0.5, 0.6) is 11.5 Å². The Hall–Kier alpha value is -1.71. The van der Waals surface area contributed by atoms with Gasteiger partial charge in [0.25, 0.3) is 0 Å². The van der Waals surface area contributed by atoms with Crippen molar-refractivity contribution in [3.05, 3.63) is 23.3 Å². The first kappa shape index (κ1) is 13.4. The Morgan fingerprint density at radius 1 is 1.41 bits per heavy atom. The number of hydrogen-bond donors (Lipinski definition) is 1. The van der Waals surface area contributed by atoms with Gasteiger partial charge in [-0.25, -0.2) is 0 Å². The normalized spacial score (nSPS) is 10.1. The molecule has 0 aromatic heterocycles. The maximum absolute atomic E-state index is 11.2. The number of aryl methyl sites for hydroxylation is 2. The minimum absolute atomic E-state index is 0.116. The molecule has 0 atom stereocenters. The highest BCUT2D eigenvalue weighted by molar-refractivity contribution is 5.69. The molecule has 1 N–H and O–H groups in total. The van der Waals surface area contributed by atoms with Crippen LogP contribution >= 0.6 is 0 Å². The predicted octanol–water partition coefficient (Wildman–Crippen LogP) is 2.20. The molecule has 1 aromatic rings. The van der Waals surface area contributed by atoms with Crippen LogP contribution in [0.1, 0.15) is 24.5 Å². The molecule has 0 heterocycles. The number of phenolic OH excluding ortho intramolecular Hbond substituents is 1. The van der Waals surface area contributed by atoms with Gasteiger partial charge in [0.05, 0.1) is 13.7 Å². The van der Waals surface area contributed by atoms with Crippen molar-refractivity contribution in [3.63, 3.8) is 0 Å². The van der Waals surface area contributed by atoms with E-state index in [0.717, 1.165) is 11.1 Å². The summed E-state index contributed by atoms with van der Waals surface area (Å²) in [7, 11) is 1.50. The number of esters is 1. The van der Waals surface area contributed by atoms with Gasteiger partial charge in [0.1, 0.15) is 0 Å². The first-order chi connectivity index (χ1) is 8.08. The first-order valence-electron chi connectivity index (χ1n) is 5.60. The fourth-order valence-corrected chi connectivity index (χ4v) is 1.62. The summed E-state index contributed by atoms with van der Waals surface area (Å²) in [6, 6.07) is 3.39. The number of methoxy groups -OCH3 is 1. The molecule has 0 bridgehead atoms. The topological polar surface area (TPSA) is 55.8 Å². The third kappa shape index (κ3) is 3.66. The Bertz CT molecular complexity index is 399. The molecule has 0 fully saturated rings. The summed E-state index contributed by atoms with van der Waals surface area (Å²) < 4.78 is 9.89. The summed E-state index contributed by atoms with van der Waals surface area (Å²) in [6.45, 7) is 4.07. The standard InChI is InChI=1S/C13H18O4/c1-4-17-13(15)6-5-10-8-12(16-3)11(14)7-9(10)2/h7-8,14H,4-6H2,1-3H3. The Morgan fingerprint density at radius 2 is 2.12 bits per heavy atom. The summed E-state index contributed by atoms with van der Waals surface area (Å²) >= 11 is 0. The zero-order valence-electron chi connectivity index (χ0n) is 10.4. The Labute approximate surface area is 101 Å². The van der Waals surface area contributed by atoms with Gasteiger partial charge in [0.2, 0.25) is 0 Å². The number of benzene rings is 1. The molecule has 4 nitrogen and oxygen atoms in total. The van der Waals surface area contributed by atoms with E-state index in [1.807, 2.05) is 6.92 Å². The molecule has 0 saturated carbocycles. The lowest BCUT2D eigenvalue weighted by atomic mass is 10.0. The molecule has 0 saturated heterocycles. The Balaban J connectivity index is 2.74. The van der Waals surface area contributed by atoms with Crippen LogP contribution in [0.2, 0.25) is 0 Å². The lowest BCUT2D eigenvalue weighted by Crippen LogP contribution is -2.05. The number of carbonyl (C=O) groups excluding carboxylic acids is 1. The average molecular weight is 238 g/mol. The van der Waals surface area contributed by atoms with Crippen LogP contribution in [0.15, 0.2) is 12.1 Å². The van der Waals surface area contributed by atoms with Gasteiger partial charge in [0.15, 0.2) is 11.5 Å². The van der Waals surface area contributed by atoms with Crippen LogP contribution in [0.4, 0.5) is 0 Å². The third-order valence-corrected chi connectivity index (χ3v) is 2.54. The highest BCUT2D eigenvalue weighted by Crippen LogP contribution is 2.29. The maximum Gasteiger partial charge on any atom is 0.306 e. The zero-order valence-corrected chi connectivity index (χ0v) is 10.4. The molecule has 1 rings (SSSR count). The van der Waals surface area contributed by atoms with Crippen molar-refractivity contribution in [1.29, 1.82) is 0 Å². The van der Waals surface area contributed by atoms with E-state index in [4.69, 9.17) is 9.47 Å². The highest BCUT2D eigenvalue weighted by atomic mass is 16.5. The Kier molecular flexibility index (Phi) is 4.82. The fourth-order valence-electron chi connectivity index (χ4n) is 1.62. The SMILES string of the molecule is CCOC(=O)CCc1cc(OC)c(O)cc1C. The van der Waals surface area contributed by atoms with E-state index in [9.17, 15) is 9.90 Å². The molecule has 0 amide bonds. The van der Waals surface area contributed by atoms with E-state index in [0.29, 0.717) is 25.2 Å². The number of rotatable bonds is 5. The maximum atomic E-state index is 11.2. The van der Waals surface area contributed by atoms with Gasteiger partial charge in [-0.2, -0.15) is 0 Å². The zero-order chi connectivity index (χ0) is 12.8. The van der Waals surface area contributed by atoms with Crippen molar-refractivity contribution in [2.45, 2.75) is 26.7 Å². The number of phenols is 1. The molecule has 0 aliphatic carbocycles. The largest absolute Gasteiger partial charge is 0.504 e. The molecule has 17 heavy (non-hydrogen) atoms. The molecular weight excluding hydrogens is 220 g/mol. The van der Waals surface area contributed by atoms with Crippen molar-refractivity contribution in [1.82, 2.24) is 0 Å². The Morgan fingerprint density at radius 3 is 2.71 bits per heavy atom. The molecule has 1 aromatic carbocycles. The van der Waals surface area contributed by atoms with Gasteiger partial charge in [-0.15, -0.1) is 0 Å². The summed E-state index contributed by atoms with van der Waals surface area (Å²) in [4.78, 5) is 11.2. The van der Waals surface area contributed by atoms with Crippen LogP contribution < -0.4 is 4.74 Å². The smallest absolute Gasteiger partial charge is 0.306 e. The summed E-state index contributed by atoms with van der Waals surface area (Å²) in [5.74, 6) is 0.332. The van der Waals surface area contributed by atoms with Crippen molar-refractivity contribution < 1.29 is 19.4 Å². The third-order valence-electron chi connectivity index (χ3n) is 2.54. The number of hydrogen-bond acceptors (Lipinski definition) is 4. The average Bonchev–Trinajstić information content (AvgIpc) is 2.28. The van der Waals surface area contributed by atoms with Crippen molar-refractivity contribution in [2.24, 2.45) is 0 Å². The minimum atomic E-state index is -0.209. The van der Waals surface area contributed by atoms with Gasteiger partial charge < -0.3 is 14.6 Å². The quantitative estimate of drug-likeness (QED) is 0.799. The monoisotopic (exact) mass is 238 g/mol. The van der Waals surface area contributed by atoms with E-state index in [1.54, 1.807) is 19.1 Å². The van der Waals surface area contributed by atoms with Gasteiger partial charge in [-0.1, -0.05) is 0 Å². The number of carbonyl (C=O) groups is 1. The minimum Gasteiger partial charge on any atom is -0.504 e. The van der Waals surface area contributed by atoms with E-state index < -0.39 is 0 Å². The lowest BCUT2D eigenvalue weighted by molar-refractivity contribution is -0.143. The molecule has 0 aliphatic heterocycles. The molecule has 0 radical (unpaired) electrons. The van der Waals surface area contributed by atoms with Crippen LogP contribution in [0, 0.1) is 6.92 Å². The van der Waals surface area contributed by atoms with Gasteiger partial charge >= 0.3 is 5.97 Å². The summed E-state index contributed by atoms with van der Waals surface area (Å²) in [5, 5.41) is 9.56. The van der Waals surface area contributed by atoms with E-state index >= 15 is 0 Å². The predicted molar refractivity (Wildman–Crippen MR) is 64.3 cm³/mol. The van der Waals surface area contributed by atoms with Crippen molar-refractivity contribution in [2.75, 3.05) is 13.7 Å². The van der Waals surface area contributed by atoms with E-state index in [2.05, 4.69) is 0 Å². The summed E-state index contributed by atoms with van der Waals surface area (Å²) in [6.07, 6.45) is 0.921. The molecule has 4 heteroatoms. The number of ether oxygens (including phenoxy) is 2. The van der Waals surface area contributed by atoms with Gasteiger partial charge in [-0.05, 0) is 43.5 Å². The van der Waals surface area contributed by atoms with E-state index in [-0.39, 0.29) is 11.7 Å². The second kappa shape index (κ2) is 6.13. The summed E-state index contributed by atoms with van der Waals surface area (Å²) in [5.41, 5.74) is 1.92. The molecule has 0 spiro atoms. The first-order valence-corrected chi connectivity index (χ1v) is 5.60. The van der Waals surface area contributed by atoms with Gasteiger partial charge in [-0.3, -0.25) is 4.79 Å². The molecule has 0 aliphatic rings. The fraction of sp³-hybridized carbons (Fsp3) is 0.462. The van der Waals surface area contributed by atoms with Crippen molar-refractivity contribution >= 4 is 5.97 Å². The molecule has 0 unspecified atom stereocenters.